The molecule has 0 saturated carbocycles. The Kier molecular flexibility index (Phi) is 8.28. The molecule has 0 fully saturated rings. The Hall–Kier alpha value is -4.73. The van der Waals surface area contributed by atoms with Crippen molar-refractivity contribution in [2.45, 2.75) is 6.92 Å². The highest BCUT2D eigenvalue weighted by molar-refractivity contribution is 5.91. The summed E-state index contributed by atoms with van der Waals surface area (Å²) >= 11 is 0. The van der Waals surface area contributed by atoms with Crippen LogP contribution in [0.2, 0.25) is 0 Å². The van der Waals surface area contributed by atoms with E-state index in [-0.39, 0.29) is 17.2 Å². The van der Waals surface area contributed by atoms with Crippen molar-refractivity contribution >= 4 is 23.8 Å². The zero-order chi connectivity index (χ0) is 24.3. The summed E-state index contributed by atoms with van der Waals surface area (Å²) in [5, 5.41) is 14.8. The molecule has 3 aromatic rings. The molecule has 0 heterocycles. The second kappa shape index (κ2) is 11.8. The third-order valence-corrected chi connectivity index (χ3v) is 4.30. The third kappa shape index (κ3) is 6.63. The van der Waals surface area contributed by atoms with E-state index in [4.69, 9.17) is 14.2 Å². The maximum absolute atomic E-state index is 12.3. The Morgan fingerprint density at radius 2 is 1.71 bits per heavy atom. The largest absolute Gasteiger partial charge is 0.490 e. The predicted octanol–water partition coefficient (Wildman–Crippen LogP) is 3.74. The fourth-order valence-electron chi connectivity index (χ4n) is 2.78. The minimum atomic E-state index is -0.604. The minimum absolute atomic E-state index is 0.0198. The molecule has 10 heteroatoms. The van der Waals surface area contributed by atoms with Gasteiger partial charge in [-0.2, -0.15) is 5.10 Å². The van der Waals surface area contributed by atoms with Gasteiger partial charge in [-0.05, 0) is 48.9 Å². The number of hydrogen-bond donors (Lipinski definition) is 1. The highest BCUT2D eigenvalue weighted by Crippen LogP contribution is 2.29. The number of nitro benzene ring substituents is 1. The number of hydrogen-bond acceptors (Lipinski definition) is 8. The van der Waals surface area contributed by atoms with Gasteiger partial charge in [-0.1, -0.05) is 30.3 Å². The SMILES string of the molecule is CCOc1cc(/C=N\NC(=O)COc2ccccc2[N+](=O)[O-])ccc1OC(=O)c1ccccc1. The molecule has 1 N–H and O–H groups in total. The van der Waals surface area contributed by atoms with Crippen LogP contribution in [-0.4, -0.2) is 36.2 Å². The summed E-state index contributed by atoms with van der Waals surface area (Å²) in [5.74, 6) is -0.563. The molecule has 3 rings (SSSR count). The lowest BCUT2D eigenvalue weighted by atomic mass is 10.2. The average molecular weight is 463 g/mol. The Bertz CT molecular complexity index is 1200. The first kappa shape index (κ1) is 23.9. The van der Waals surface area contributed by atoms with E-state index in [9.17, 15) is 19.7 Å². The van der Waals surface area contributed by atoms with E-state index in [0.29, 0.717) is 23.5 Å². The molecule has 0 bridgehead atoms. The molecular formula is C24H21N3O7. The van der Waals surface area contributed by atoms with Crippen LogP contribution in [0.5, 0.6) is 17.2 Å². The van der Waals surface area contributed by atoms with Crippen molar-refractivity contribution in [3.8, 4) is 17.2 Å². The number of amides is 1. The quantitative estimate of drug-likeness (QED) is 0.159. The Morgan fingerprint density at radius 1 is 0.971 bits per heavy atom. The summed E-state index contributed by atoms with van der Waals surface area (Å²) in [5.41, 5.74) is 3.02. The van der Waals surface area contributed by atoms with E-state index < -0.39 is 23.4 Å². The van der Waals surface area contributed by atoms with Crippen LogP contribution in [0.3, 0.4) is 0 Å². The maximum Gasteiger partial charge on any atom is 0.343 e. The number of nitrogens with zero attached hydrogens (tertiary/aromatic N) is 2. The Labute approximate surface area is 194 Å². The molecule has 0 aliphatic heterocycles. The number of hydrazone groups is 1. The fraction of sp³-hybridized carbons (Fsp3) is 0.125. The predicted molar refractivity (Wildman–Crippen MR) is 123 cm³/mol. The smallest absolute Gasteiger partial charge is 0.343 e. The van der Waals surface area contributed by atoms with Crippen molar-refractivity contribution in [2.75, 3.05) is 13.2 Å². The number of esters is 1. The molecule has 0 saturated heterocycles. The number of para-hydroxylation sites is 2. The first-order valence-electron chi connectivity index (χ1n) is 10.2. The summed E-state index contributed by atoms with van der Waals surface area (Å²) in [6, 6.07) is 19.1. The van der Waals surface area contributed by atoms with Gasteiger partial charge in [0, 0.05) is 6.07 Å². The molecule has 10 nitrogen and oxygen atoms in total. The minimum Gasteiger partial charge on any atom is -0.490 e. The monoisotopic (exact) mass is 463 g/mol. The van der Waals surface area contributed by atoms with Crippen LogP contribution in [0, 0.1) is 10.1 Å². The van der Waals surface area contributed by atoms with Gasteiger partial charge in [-0.3, -0.25) is 14.9 Å². The highest BCUT2D eigenvalue weighted by atomic mass is 16.6. The van der Waals surface area contributed by atoms with Crippen LogP contribution in [0.15, 0.2) is 77.9 Å². The number of ether oxygens (including phenoxy) is 3. The van der Waals surface area contributed by atoms with Crippen molar-refractivity contribution in [2.24, 2.45) is 5.10 Å². The summed E-state index contributed by atoms with van der Waals surface area (Å²) in [7, 11) is 0. The van der Waals surface area contributed by atoms with E-state index >= 15 is 0 Å². The second-order valence-electron chi connectivity index (χ2n) is 6.70. The van der Waals surface area contributed by atoms with Crippen LogP contribution in [0.1, 0.15) is 22.8 Å². The Balaban J connectivity index is 1.60. The van der Waals surface area contributed by atoms with Crippen molar-refractivity contribution in [1.29, 1.82) is 0 Å². The normalized spacial score (nSPS) is 10.5. The first-order valence-corrected chi connectivity index (χ1v) is 10.2. The molecule has 0 atom stereocenters. The zero-order valence-corrected chi connectivity index (χ0v) is 18.2. The standard InChI is InChI=1S/C24H21N3O7/c1-2-32-22-14-17(12-13-21(22)34-24(29)18-8-4-3-5-9-18)15-25-26-23(28)16-33-20-11-7-6-10-19(20)27(30)31/h3-15H,2,16H2,1H3,(H,26,28)/b25-15-. The first-order chi connectivity index (χ1) is 16.5. The fourth-order valence-corrected chi connectivity index (χ4v) is 2.78. The van der Waals surface area contributed by atoms with Crippen molar-refractivity contribution < 1.29 is 28.7 Å². The van der Waals surface area contributed by atoms with Gasteiger partial charge in [0.15, 0.2) is 23.9 Å². The van der Waals surface area contributed by atoms with Gasteiger partial charge in [0.25, 0.3) is 5.91 Å². The number of carbonyl (C=O) groups excluding carboxylic acids is 2. The van der Waals surface area contributed by atoms with Crippen molar-refractivity contribution in [3.63, 3.8) is 0 Å². The van der Waals surface area contributed by atoms with Crippen LogP contribution in [0.25, 0.3) is 0 Å². The maximum atomic E-state index is 12.3. The van der Waals surface area contributed by atoms with E-state index in [0.717, 1.165) is 0 Å². The van der Waals surface area contributed by atoms with Crippen LogP contribution in [0.4, 0.5) is 5.69 Å². The van der Waals surface area contributed by atoms with Gasteiger partial charge in [0.1, 0.15) is 0 Å². The summed E-state index contributed by atoms with van der Waals surface area (Å²) in [6.45, 7) is 1.68. The Morgan fingerprint density at radius 3 is 2.44 bits per heavy atom. The van der Waals surface area contributed by atoms with Gasteiger partial charge < -0.3 is 14.2 Å². The van der Waals surface area contributed by atoms with Crippen LogP contribution >= 0.6 is 0 Å². The molecule has 0 spiro atoms. The van der Waals surface area contributed by atoms with Crippen LogP contribution < -0.4 is 19.6 Å². The van der Waals surface area contributed by atoms with Crippen molar-refractivity contribution in [3.05, 3.63) is 94.0 Å². The lowest BCUT2D eigenvalue weighted by Gasteiger charge is -2.11. The van der Waals surface area contributed by atoms with E-state index in [2.05, 4.69) is 10.5 Å². The van der Waals surface area contributed by atoms with Gasteiger partial charge in [-0.25, -0.2) is 10.2 Å². The molecule has 34 heavy (non-hydrogen) atoms. The lowest BCUT2D eigenvalue weighted by molar-refractivity contribution is -0.385. The third-order valence-electron chi connectivity index (χ3n) is 4.30. The summed E-state index contributed by atoms with van der Waals surface area (Å²) < 4.78 is 16.2. The molecule has 0 aromatic heterocycles. The molecule has 1 amide bonds. The molecule has 0 radical (unpaired) electrons. The number of carbonyl (C=O) groups is 2. The van der Waals surface area contributed by atoms with Crippen LogP contribution in [-0.2, 0) is 4.79 Å². The van der Waals surface area contributed by atoms with Gasteiger partial charge in [0.2, 0.25) is 0 Å². The molecule has 0 aliphatic carbocycles. The molecule has 3 aromatic carbocycles. The van der Waals surface area contributed by atoms with Gasteiger partial charge in [-0.15, -0.1) is 0 Å². The molecule has 174 valence electrons. The van der Waals surface area contributed by atoms with Crippen molar-refractivity contribution in [1.82, 2.24) is 5.43 Å². The zero-order valence-electron chi connectivity index (χ0n) is 18.2. The van der Waals surface area contributed by atoms with Gasteiger partial charge >= 0.3 is 11.7 Å². The average Bonchev–Trinajstić information content (AvgIpc) is 2.85. The number of rotatable bonds is 10. The number of nitrogens with one attached hydrogen (secondary N) is 1. The van der Waals surface area contributed by atoms with Gasteiger partial charge in [0.05, 0.1) is 23.3 Å². The van der Waals surface area contributed by atoms with E-state index in [1.807, 2.05) is 0 Å². The highest BCUT2D eigenvalue weighted by Gasteiger charge is 2.15. The topological polar surface area (TPSA) is 129 Å². The summed E-state index contributed by atoms with van der Waals surface area (Å²) in [4.78, 5) is 34.7. The summed E-state index contributed by atoms with van der Waals surface area (Å²) in [6.07, 6.45) is 1.37. The molecule has 0 unspecified atom stereocenters. The lowest BCUT2D eigenvalue weighted by Crippen LogP contribution is -2.24. The molecule has 0 aliphatic rings. The number of benzene rings is 3. The van der Waals surface area contributed by atoms with E-state index in [1.54, 1.807) is 61.5 Å². The van der Waals surface area contributed by atoms with E-state index in [1.165, 1.54) is 24.4 Å². The second-order valence-corrected chi connectivity index (χ2v) is 6.70. The molecular weight excluding hydrogens is 442 g/mol. The number of nitro groups is 1.